The molecule has 0 heterocycles. The van der Waals surface area contributed by atoms with Crippen LogP contribution in [0.4, 0.5) is 11.4 Å². The van der Waals surface area contributed by atoms with Crippen molar-refractivity contribution in [2.24, 2.45) is 0 Å². The number of anilines is 2. The fourth-order valence-corrected chi connectivity index (χ4v) is 1.55. The number of Topliss-reactive ketones (excluding diaryl/α,β-unsaturated/α-hetero) is 1. The highest BCUT2D eigenvalue weighted by Crippen LogP contribution is 2.15. The maximum atomic E-state index is 11.1. The summed E-state index contributed by atoms with van der Waals surface area (Å²) < 4.78 is 0. The predicted molar refractivity (Wildman–Crippen MR) is 68.7 cm³/mol. The Morgan fingerprint density at radius 1 is 1.31 bits per heavy atom. The van der Waals surface area contributed by atoms with E-state index in [-0.39, 0.29) is 0 Å². The van der Waals surface area contributed by atoms with E-state index in [9.17, 15) is 4.79 Å². The van der Waals surface area contributed by atoms with Crippen molar-refractivity contribution in [3.8, 4) is 0 Å². The molecule has 88 valence electrons. The molecule has 16 heavy (non-hydrogen) atoms. The van der Waals surface area contributed by atoms with E-state index < -0.39 is 0 Å². The first-order chi connectivity index (χ1) is 7.63. The lowest BCUT2D eigenvalue weighted by atomic mass is 10.1. The van der Waals surface area contributed by atoms with E-state index >= 15 is 0 Å². The van der Waals surface area contributed by atoms with Crippen molar-refractivity contribution >= 4 is 17.2 Å². The molecule has 2 N–H and O–H groups in total. The van der Waals surface area contributed by atoms with Crippen LogP contribution in [0.25, 0.3) is 0 Å². The maximum Gasteiger partial charge on any atom is 0.132 e. The first kappa shape index (κ1) is 12.6. The predicted octanol–water partition coefficient (Wildman–Crippen LogP) is 2.46. The molecular formula is C13H20N2O. The van der Waals surface area contributed by atoms with Crippen LogP contribution in [0.15, 0.2) is 24.3 Å². The number of nitrogen functional groups attached to an aromatic ring is 1. The molecule has 0 saturated carbocycles. The highest BCUT2D eigenvalue weighted by molar-refractivity contribution is 5.77. The summed E-state index contributed by atoms with van der Waals surface area (Å²) >= 11 is 0. The first-order valence-electron chi connectivity index (χ1n) is 5.72. The van der Waals surface area contributed by atoms with Gasteiger partial charge in [0, 0.05) is 37.8 Å². The number of hydrogen-bond acceptors (Lipinski definition) is 3. The van der Waals surface area contributed by atoms with Gasteiger partial charge in [0.15, 0.2) is 0 Å². The van der Waals surface area contributed by atoms with Gasteiger partial charge in [0.25, 0.3) is 0 Å². The molecular weight excluding hydrogens is 200 g/mol. The maximum absolute atomic E-state index is 11.1. The molecule has 0 unspecified atom stereocenters. The monoisotopic (exact) mass is 220 g/mol. The van der Waals surface area contributed by atoms with E-state index in [1.807, 2.05) is 38.2 Å². The second-order valence-electron chi connectivity index (χ2n) is 4.01. The second kappa shape index (κ2) is 6.16. The lowest BCUT2D eigenvalue weighted by Gasteiger charge is -2.19. The third-order valence-corrected chi connectivity index (χ3v) is 2.68. The summed E-state index contributed by atoms with van der Waals surface area (Å²) in [4.78, 5) is 13.3. The Morgan fingerprint density at radius 2 is 1.94 bits per heavy atom. The smallest absolute Gasteiger partial charge is 0.132 e. The Bertz CT molecular complexity index is 332. The summed E-state index contributed by atoms with van der Waals surface area (Å²) in [6, 6.07) is 7.78. The molecule has 0 aliphatic heterocycles. The van der Waals surface area contributed by atoms with Gasteiger partial charge in [0.2, 0.25) is 0 Å². The Balaban J connectivity index is 2.37. The summed E-state index contributed by atoms with van der Waals surface area (Å²) in [5.74, 6) is 0.339. The number of carbonyl (C=O) groups excluding carboxylic acids is 1. The van der Waals surface area contributed by atoms with E-state index in [1.165, 1.54) is 0 Å². The number of ketones is 1. The molecule has 0 radical (unpaired) electrons. The quantitative estimate of drug-likeness (QED) is 0.749. The number of benzene rings is 1. The largest absolute Gasteiger partial charge is 0.399 e. The molecule has 0 bridgehead atoms. The molecule has 0 aromatic heterocycles. The minimum Gasteiger partial charge on any atom is -0.399 e. The first-order valence-corrected chi connectivity index (χ1v) is 5.72. The molecule has 3 nitrogen and oxygen atoms in total. The number of hydrogen-bond donors (Lipinski definition) is 1. The van der Waals surface area contributed by atoms with Crippen LogP contribution in [-0.2, 0) is 4.79 Å². The molecule has 0 fully saturated rings. The van der Waals surface area contributed by atoms with Gasteiger partial charge in [-0.05, 0) is 30.7 Å². The minimum absolute atomic E-state index is 0.339. The van der Waals surface area contributed by atoms with Gasteiger partial charge in [0.05, 0.1) is 0 Å². The number of nitrogens with zero attached hydrogens (tertiary/aromatic N) is 1. The third-order valence-electron chi connectivity index (χ3n) is 2.68. The van der Waals surface area contributed by atoms with E-state index in [2.05, 4.69) is 4.90 Å². The lowest BCUT2D eigenvalue weighted by molar-refractivity contribution is -0.118. The van der Waals surface area contributed by atoms with Crippen LogP contribution >= 0.6 is 0 Å². The molecule has 0 amide bonds. The van der Waals surface area contributed by atoms with Crippen LogP contribution in [0.2, 0.25) is 0 Å². The third kappa shape index (κ3) is 3.93. The van der Waals surface area contributed by atoms with Gasteiger partial charge in [-0.1, -0.05) is 6.92 Å². The van der Waals surface area contributed by atoms with Crippen LogP contribution in [0, 0.1) is 0 Å². The van der Waals surface area contributed by atoms with Crippen LogP contribution < -0.4 is 10.6 Å². The average molecular weight is 220 g/mol. The molecule has 3 heteroatoms. The molecule has 0 spiro atoms. The van der Waals surface area contributed by atoms with Gasteiger partial charge in [-0.2, -0.15) is 0 Å². The lowest BCUT2D eigenvalue weighted by Crippen LogP contribution is -2.19. The number of nitrogens with two attached hydrogens (primary N) is 1. The molecule has 0 saturated heterocycles. The van der Waals surface area contributed by atoms with E-state index in [0.29, 0.717) is 18.6 Å². The Hall–Kier alpha value is -1.51. The van der Waals surface area contributed by atoms with Gasteiger partial charge in [-0.15, -0.1) is 0 Å². The summed E-state index contributed by atoms with van der Waals surface area (Å²) in [5.41, 5.74) is 7.53. The summed E-state index contributed by atoms with van der Waals surface area (Å²) in [7, 11) is 2.03. The SMILES string of the molecule is CCC(=O)CCCN(C)c1ccc(N)cc1. The van der Waals surface area contributed by atoms with Gasteiger partial charge < -0.3 is 10.6 Å². The van der Waals surface area contributed by atoms with E-state index in [1.54, 1.807) is 0 Å². The van der Waals surface area contributed by atoms with Crippen molar-refractivity contribution < 1.29 is 4.79 Å². The van der Waals surface area contributed by atoms with Crippen molar-refractivity contribution in [2.45, 2.75) is 26.2 Å². The van der Waals surface area contributed by atoms with Crippen LogP contribution in [0.5, 0.6) is 0 Å². The van der Waals surface area contributed by atoms with Crippen LogP contribution in [-0.4, -0.2) is 19.4 Å². The van der Waals surface area contributed by atoms with Crippen molar-refractivity contribution in [3.05, 3.63) is 24.3 Å². The van der Waals surface area contributed by atoms with Crippen molar-refractivity contribution in [1.29, 1.82) is 0 Å². The molecule has 1 rings (SSSR count). The summed E-state index contributed by atoms with van der Waals surface area (Å²) in [5, 5.41) is 0. The standard InChI is InChI=1S/C13H20N2O/c1-3-13(16)5-4-10-15(2)12-8-6-11(14)7-9-12/h6-9H,3-5,10,14H2,1-2H3. The summed E-state index contributed by atoms with van der Waals surface area (Å²) in [6.07, 6.45) is 2.23. The normalized spacial score (nSPS) is 10.1. The van der Waals surface area contributed by atoms with Crippen molar-refractivity contribution in [3.63, 3.8) is 0 Å². The highest BCUT2D eigenvalue weighted by atomic mass is 16.1. The van der Waals surface area contributed by atoms with Gasteiger partial charge >= 0.3 is 0 Å². The van der Waals surface area contributed by atoms with E-state index in [4.69, 9.17) is 5.73 Å². The highest BCUT2D eigenvalue weighted by Gasteiger charge is 2.02. The molecule has 0 aliphatic rings. The van der Waals surface area contributed by atoms with Crippen LogP contribution in [0.1, 0.15) is 26.2 Å². The number of rotatable bonds is 6. The Labute approximate surface area is 97.2 Å². The fraction of sp³-hybridized carbons (Fsp3) is 0.462. The second-order valence-corrected chi connectivity index (χ2v) is 4.01. The summed E-state index contributed by atoms with van der Waals surface area (Å²) in [6.45, 7) is 2.81. The van der Waals surface area contributed by atoms with Crippen molar-refractivity contribution in [2.75, 3.05) is 24.2 Å². The zero-order valence-electron chi connectivity index (χ0n) is 10.1. The minimum atomic E-state index is 0.339. The van der Waals surface area contributed by atoms with Gasteiger partial charge in [-0.25, -0.2) is 0 Å². The van der Waals surface area contributed by atoms with Gasteiger partial charge in [0.1, 0.15) is 5.78 Å². The number of carbonyl (C=O) groups is 1. The zero-order valence-corrected chi connectivity index (χ0v) is 10.1. The Morgan fingerprint density at radius 3 is 2.50 bits per heavy atom. The topological polar surface area (TPSA) is 46.3 Å². The molecule has 0 atom stereocenters. The van der Waals surface area contributed by atoms with E-state index in [0.717, 1.165) is 24.3 Å². The molecule has 1 aromatic carbocycles. The fourth-order valence-electron chi connectivity index (χ4n) is 1.55. The average Bonchev–Trinajstić information content (AvgIpc) is 2.29. The van der Waals surface area contributed by atoms with Crippen molar-refractivity contribution in [1.82, 2.24) is 0 Å². The molecule has 1 aromatic rings. The Kier molecular flexibility index (Phi) is 4.83. The van der Waals surface area contributed by atoms with Crippen LogP contribution in [0.3, 0.4) is 0 Å². The molecule has 0 aliphatic carbocycles. The zero-order chi connectivity index (χ0) is 12.0. The van der Waals surface area contributed by atoms with Gasteiger partial charge in [-0.3, -0.25) is 4.79 Å².